The minimum Gasteiger partial charge on any atom is -0.480 e. The molecule has 6 rings (SSSR count). The summed E-state index contributed by atoms with van der Waals surface area (Å²) < 4.78 is 0. The van der Waals surface area contributed by atoms with E-state index in [-0.39, 0.29) is 12.1 Å². The molecule has 0 saturated carbocycles. The fourth-order valence-corrected chi connectivity index (χ4v) is 5.45. The number of hydrogen-bond acceptors (Lipinski definition) is 5. The van der Waals surface area contributed by atoms with Gasteiger partial charge in [-0.25, -0.2) is 4.79 Å². The molecule has 10 heteroatoms. The number of carbonyl (C=O) groups excluding carboxylic acids is 1. The smallest absolute Gasteiger partial charge is 0.326 e. The Morgan fingerprint density at radius 3 is 2.41 bits per heavy atom. The van der Waals surface area contributed by atoms with Crippen LogP contribution in [0.4, 0.5) is 5.69 Å². The number of nitro groups is 1. The normalized spacial score (nSPS) is 17.5. The zero-order chi connectivity index (χ0) is 27.1. The number of rotatable bonds is 7. The summed E-state index contributed by atoms with van der Waals surface area (Å²) in [5.41, 5.74) is 5.17. The lowest BCUT2D eigenvalue weighted by Gasteiger charge is -2.31. The number of non-ortho nitro benzene ring substituents is 1. The SMILES string of the molecule is O=C(O)[C@H](Cc1c[nH]c2ccccc12)NC(=O)[C@@H]1Cc2c([nH]c3ccccc23)[C@@H](c2ccc([N+](=O)[O-])cc2)N1. The summed E-state index contributed by atoms with van der Waals surface area (Å²) in [6, 6.07) is 19.3. The number of carboxylic acid groups (broad SMARTS) is 1. The molecule has 0 spiro atoms. The van der Waals surface area contributed by atoms with Crippen molar-refractivity contribution in [3.8, 4) is 0 Å². The Bertz CT molecular complexity index is 1720. The van der Waals surface area contributed by atoms with Crippen LogP contribution in [0.5, 0.6) is 0 Å². The Morgan fingerprint density at radius 2 is 1.69 bits per heavy atom. The molecule has 1 aliphatic heterocycles. The molecule has 0 bridgehead atoms. The highest BCUT2D eigenvalue weighted by molar-refractivity contribution is 5.91. The molecule has 0 radical (unpaired) electrons. The van der Waals surface area contributed by atoms with Crippen LogP contribution in [0, 0.1) is 10.1 Å². The van der Waals surface area contributed by atoms with Crippen molar-refractivity contribution in [1.82, 2.24) is 20.6 Å². The maximum Gasteiger partial charge on any atom is 0.326 e. The Hall–Kier alpha value is -4.96. The minimum absolute atomic E-state index is 0.0256. The van der Waals surface area contributed by atoms with E-state index in [0.717, 1.165) is 44.2 Å². The molecule has 0 fully saturated rings. The number of carboxylic acids is 1. The first-order valence-electron chi connectivity index (χ1n) is 12.6. The van der Waals surface area contributed by atoms with E-state index in [0.29, 0.717) is 6.42 Å². The predicted octanol–water partition coefficient (Wildman–Crippen LogP) is 3.97. The third-order valence-electron chi connectivity index (χ3n) is 7.38. The maximum atomic E-state index is 13.5. The quantitative estimate of drug-likeness (QED) is 0.161. The van der Waals surface area contributed by atoms with Crippen molar-refractivity contribution >= 4 is 39.4 Å². The number of para-hydroxylation sites is 2. The highest BCUT2D eigenvalue weighted by Gasteiger charge is 2.35. The van der Waals surface area contributed by atoms with Crippen LogP contribution in [0.2, 0.25) is 0 Å². The molecule has 3 aromatic carbocycles. The zero-order valence-corrected chi connectivity index (χ0v) is 20.7. The van der Waals surface area contributed by atoms with E-state index in [1.807, 2.05) is 48.5 Å². The van der Waals surface area contributed by atoms with Crippen molar-refractivity contribution in [3.05, 3.63) is 111 Å². The van der Waals surface area contributed by atoms with Gasteiger partial charge in [-0.2, -0.15) is 0 Å². The molecule has 2 aromatic heterocycles. The standard InChI is InChI=1S/C29H25N5O5/c35-28(33-25(29(36)37)13-17-15-30-22-7-3-1-5-19(17)22)24-14-21-20-6-2-4-8-23(20)31-27(21)26(32-24)16-9-11-18(12-10-16)34(38)39/h1-12,15,24-26,30-32H,13-14H2,(H,33,35)(H,36,37)/t24-,25-,26+/m0/s1. The molecule has 1 amide bonds. The van der Waals surface area contributed by atoms with E-state index in [2.05, 4.69) is 20.6 Å². The Balaban J connectivity index is 1.30. The van der Waals surface area contributed by atoms with Gasteiger partial charge in [-0.1, -0.05) is 48.5 Å². The molecule has 5 N–H and O–H groups in total. The number of nitrogens with one attached hydrogen (secondary N) is 4. The fraction of sp³-hybridized carbons (Fsp3) is 0.172. The Labute approximate surface area is 222 Å². The van der Waals surface area contributed by atoms with E-state index in [4.69, 9.17) is 0 Å². The average molecular weight is 524 g/mol. The lowest BCUT2D eigenvalue weighted by Crippen LogP contribution is -2.54. The number of aromatic nitrogens is 2. The van der Waals surface area contributed by atoms with E-state index < -0.39 is 34.9 Å². The molecule has 3 heterocycles. The highest BCUT2D eigenvalue weighted by Crippen LogP contribution is 2.35. The Kier molecular flexibility index (Phi) is 6.08. The van der Waals surface area contributed by atoms with Crippen LogP contribution in [-0.4, -0.2) is 44.0 Å². The zero-order valence-electron chi connectivity index (χ0n) is 20.7. The van der Waals surface area contributed by atoms with Crippen LogP contribution < -0.4 is 10.6 Å². The van der Waals surface area contributed by atoms with Gasteiger partial charge in [-0.3, -0.25) is 20.2 Å². The molecular weight excluding hydrogens is 498 g/mol. The van der Waals surface area contributed by atoms with Crippen molar-refractivity contribution in [2.45, 2.75) is 31.0 Å². The first-order chi connectivity index (χ1) is 18.9. The number of fused-ring (bicyclic) bond motifs is 4. The summed E-state index contributed by atoms with van der Waals surface area (Å²) in [6.45, 7) is 0. The van der Waals surface area contributed by atoms with Gasteiger partial charge in [0.05, 0.1) is 17.0 Å². The van der Waals surface area contributed by atoms with Gasteiger partial charge in [0.1, 0.15) is 6.04 Å². The van der Waals surface area contributed by atoms with Gasteiger partial charge in [-0.05, 0) is 35.2 Å². The second-order valence-electron chi connectivity index (χ2n) is 9.73. The van der Waals surface area contributed by atoms with Gasteiger partial charge >= 0.3 is 5.97 Å². The summed E-state index contributed by atoms with van der Waals surface area (Å²) >= 11 is 0. The molecule has 39 heavy (non-hydrogen) atoms. The van der Waals surface area contributed by atoms with Crippen molar-refractivity contribution in [2.24, 2.45) is 0 Å². The topological polar surface area (TPSA) is 153 Å². The third kappa shape index (κ3) is 4.51. The number of aromatic amines is 2. The van der Waals surface area contributed by atoms with E-state index in [9.17, 15) is 24.8 Å². The van der Waals surface area contributed by atoms with Crippen LogP contribution in [0.1, 0.15) is 28.4 Å². The van der Waals surface area contributed by atoms with Crippen LogP contribution in [0.3, 0.4) is 0 Å². The summed E-state index contributed by atoms with van der Waals surface area (Å²) in [4.78, 5) is 43.0. The van der Waals surface area contributed by atoms with Gasteiger partial charge in [0.25, 0.3) is 5.69 Å². The van der Waals surface area contributed by atoms with Crippen molar-refractivity contribution < 1.29 is 19.6 Å². The number of nitrogens with zero attached hydrogens (tertiary/aromatic N) is 1. The van der Waals surface area contributed by atoms with Gasteiger partial charge in [0.2, 0.25) is 5.91 Å². The van der Waals surface area contributed by atoms with Crippen molar-refractivity contribution in [3.63, 3.8) is 0 Å². The van der Waals surface area contributed by atoms with Crippen molar-refractivity contribution in [2.75, 3.05) is 0 Å². The van der Waals surface area contributed by atoms with Gasteiger partial charge < -0.3 is 20.4 Å². The molecular formula is C29H25N5O5. The first-order valence-corrected chi connectivity index (χ1v) is 12.6. The van der Waals surface area contributed by atoms with Crippen LogP contribution in [0.15, 0.2) is 79.0 Å². The second kappa shape index (κ2) is 9.73. The van der Waals surface area contributed by atoms with Gasteiger partial charge in [0, 0.05) is 52.3 Å². The second-order valence-corrected chi connectivity index (χ2v) is 9.73. The highest BCUT2D eigenvalue weighted by atomic mass is 16.6. The largest absolute Gasteiger partial charge is 0.480 e. The van der Waals surface area contributed by atoms with Crippen LogP contribution >= 0.6 is 0 Å². The van der Waals surface area contributed by atoms with E-state index in [1.165, 1.54) is 12.1 Å². The van der Waals surface area contributed by atoms with Crippen molar-refractivity contribution in [1.29, 1.82) is 0 Å². The summed E-state index contributed by atoms with van der Waals surface area (Å²) in [7, 11) is 0. The molecule has 10 nitrogen and oxygen atoms in total. The first kappa shape index (κ1) is 24.4. The minimum atomic E-state index is -1.12. The van der Waals surface area contributed by atoms with E-state index in [1.54, 1.807) is 18.3 Å². The Morgan fingerprint density at radius 1 is 1.00 bits per heavy atom. The lowest BCUT2D eigenvalue weighted by atomic mass is 9.89. The van der Waals surface area contributed by atoms with Crippen LogP contribution in [-0.2, 0) is 22.4 Å². The maximum absolute atomic E-state index is 13.5. The number of amides is 1. The molecule has 196 valence electrons. The molecule has 0 saturated heterocycles. The number of nitro benzene ring substituents is 1. The third-order valence-corrected chi connectivity index (χ3v) is 7.38. The van der Waals surface area contributed by atoms with Gasteiger partial charge in [-0.15, -0.1) is 0 Å². The van der Waals surface area contributed by atoms with Crippen LogP contribution in [0.25, 0.3) is 21.8 Å². The molecule has 0 unspecified atom stereocenters. The summed E-state index contributed by atoms with van der Waals surface area (Å²) in [6.07, 6.45) is 2.25. The average Bonchev–Trinajstić information content (AvgIpc) is 3.53. The lowest BCUT2D eigenvalue weighted by molar-refractivity contribution is -0.384. The van der Waals surface area contributed by atoms with Gasteiger partial charge in [0.15, 0.2) is 0 Å². The molecule has 0 aliphatic carbocycles. The molecule has 3 atom stereocenters. The number of carbonyl (C=O) groups is 2. The van der Waals surface area contributed by atoms with E-state index >= 15 is 0 Å². The molecule has 5 aromatic rings. The number of H-pyrrole nitrogens is 2. The summed E-state index contributed by atoms with van der Waals surface area (Å²) in [5, 5.41) is 29.1. The fourth-order valence-electron chi connectivity index (χ4n) is 5.45. The predicted molar refractivity (Wildman–Crippen MR) is 145 cm³/mol. The summed E-state index contributed by atoms with van der Waals surface area (Å²) in [5.74, 6) is -1.55. The number of hydrogen-bond donors (Lipinski definition) is 5. The number of benzene rings is 3. The number of aliphatic carboxylic acids is 1. The molecule has 1 aliphatic rings. The monoisotopic (exact) mass is 523 g/mol.